The van der Waals surface area contributed by atoms with Crippen molar-refractivity contribution in [2.45, 2.75) is 44.2 Å². The average molecular weight is 218 g/mol. The van der Waals surface area contributed by atoms with Gasteiger partial charge < -0.3 is 11.1 Å². The van der Waals surface area contributed by atoms with Crippen LogP contribution < -0.4 is 11.1 Å². The molecule has 2 heteroatoms. The summed E-state index contributed by atoms with van der Waals surface area (Å²) in [5, 5.41) is 3.58. The minimum absolute atomic E-state index is 0.190. The van der Waals surface area contributed by atoms with Gasteiger partial charge in [-0.25, -0.2) is 0 Å². The second-order valence-electron chi connectivity index (χ2n) is 5.15. The summed E-state index contributed by atoms with van der Waals surface area (Å²) in [6, 6.07) is 10.6. The second-order valence-corrected chi connectivity index (χ2v) is 5.15. The molecule has 1 unspecified atom stereocenters. The van der Waals surface area contributed by atoms with Gasteiger partial charge in [-0.3, -0.25) is 0 Å². The zero-order valence-electron chi connectivity index (χ0n) is 10.1. The maximum absolute atomic E-state index is 6.13. The fraction of sp³-hybridized carbons (Fsp3) is 0.571. The van der Waals surface area contributed by atoms with Gasteiger partial charge in [0.05, 0.1) is 0 Å². The van der Waals surface area contributed by atoms with E-state index >= 15 is 0 Å². The molecule has 0 spiro atoms. The minimum atomic E-state index is 0.190. The Balaban J connectivity index is 1.66. The predicted octanol–water partition coefficient (Wildman–Crippen LogP) is 2.61. The Morgan fingerprint density at radius 2 is 2.00 bits per heavy atom. The van der Waals surface area contributed by atoms with Crippen LogP contribution in [0, 0.1) is 0 Å². The number of nitrogens with two attached hydrogens (primary N) is 1. The molecule has 1 fully saturated rings. The second kappa shape index (κ2) is 4.98. The van der Waals surface area contributed by atoms with Gasteiger partial charge in [-0.05, 0) is 44.7 Å². The van der Waals surface area contributed by atoms with Crippen LogP contribution in [0.2, 0.25) is 0 Å². The van der Waals surface area contributed by atoms with E-state index in [0.717, 1.165) is 19.4 Å². The molecule has 0 heterocycles. The topological polar surface area (TPSA) is 38.0 Å². The molecule has 0 aliphatic heterocycles. The van der Waals surface area contributed by atoms with Crippen molar-refractivity contribution >= 4 is 0 Å². The van der Waals surface area contributed by atoms with Gasteiger partial charge in [0, 0.05) is 11.6 Å². The molecule has 1 aliphatic carbocycles. The van der Waals surface area contributed by atoms with Crippen LogP contribution in [0.15, 0.2) is 30.3 Å². The van der Waals surface area contributed by atoms with E-state index in [0.29, 0.717) is 5.54 Å². The van der Waals surface area contributed by atoms with E-state index in [1.54, 1.807) is 0 Å². The van der Waals surface area contributed by atoms with Crippen LogP contribution >= 0.6 is 0 Å². The summed E-state index contributed by atoms with van der Waals surface area (Å²) >= 11 is 0. The molecule has 2 rings (SSSR count). The van der Waals surface area contributed by atoms with Gasteiger partial charge in [-0.1, -0.05) is 30.3 Å². The summed E-state index contributed by atoms with van der Waals surface area (Å²) in [6.07, 6.45) is 4.88. The number of benzene rings is 1. The fourth-order valence-corrected chi connectivity index (χ4v) is 1.94. The Bertz CT molecular complexity index is 317. The van der Waals surface area contributed by atoms with E-state index in [2.05, 4.69) is 36.5 Å². The van der Waals surface area contributed by atoms with Gasteiger partial charge in [-0.15, -0.1) is 0 Å². The van der Waals surface area contributed by atoms with Crippen LogP contribution in [0.25, 0.3) is 0 Å². The Kier molecular flexibility index (Phi) is 3.62. The lowest BCUT2D eigenvalue weighted by molar-refractivity contribution is 0.499. The standard InChI is InChI=1S/C14H22N2/c1-14(9-10-14)16-11-5-8-13(15)12-6-3-2-4-7-12/h2-4,6-7,13,16H,5,8-11,15H2,1H3. The van der Waals surface area contributed by atoms with Crippen molar-refractivity contribution in [3.05, 3.63) is 35.9 Å². The average Bonchev–Trinajstić information content (AvgIpc) is 3.04. The Morgan fingerprint density at radius 1 is 1.31 bits per heavy atom. The molecule has 88 valence electrons. The minimum Gasteiger partial charge on any atom is -0.324 e. The molecule has 16 heavy (non-hydrogen) atoms. The summed E-state index contributed by atoms with van der Waals surface area (Å²) in [5.41, 5.74) is 7.84. The lowest BCUT2D eigenvalue weighted by atomic mass is 10.0. The van der Waals surface area contributed by atoms with Crippen LogP contribution in [0.5, 0.6) is 0 Å². The van der Waals surface area contributed by atoms with Crippen LogP contribution in [0.3, 0.4) is 0 Å². The Labute approximate surface area is 98.2 Å². The molecule has 3 N–H and O–H groups in total. The number of hydrogen-bond donors (Lipinski definition) is 2. The first kappa shape index (κ1) is 11.6. The molecule has 1 aromatic carbocycles. The fourth-order valence-electron chi connectivity index (χ4n) is 1.94. The summed E-state index contributed by atoms with van der Waals surface area (Å²) in [6.45, 7) is 3.39. The van der Waals surface area contributed by atoms with E-state index in [1.807, 2.05) is 6.07 Å². The van der Waals surface area contributed by atoms with Crippen molar-refractivity contribution in [2.75, 3.05) is 6.54 Å². The molecule has 2 nitrogen and oxygen atoms in total. The summed E-state index contributed by atoms with van der Waals surface area (Å²) < 4.78 is 0. The molecule has 1 aliphatic rings. The molecule has 0 radical (unpaired) electrons. The first-order chi connectivity index (χ1) is 7.70. The van der Waals surface area contributed by atoms with Gasteiger partial charge in [0.1, 0.15) is 0 Å². The molecule has 0 aromatic heterocycles. The van der Waals surface area contributed by atoms with Gasteiger partial charge in [0.2, 0.25) is 0 Å². The lowest BCUT2D eigenvalue weighted by Crippen LogP contribution is -2.29. The van der Waals surface area contributed by atoms with E-state index in [-0.39, 0.29) is 6.04 Å². The largest absolute Gasteiger partial charge is 0.324 e. The number of nitrogens with one attached hydrogen (secondary N) is 1. The molecule has 0 saturated heterocycles. The molecule has 1 atom stereocenters. The van der Waals surface area contributed by atoms with E-state index < -0.39 is 0 Å². The Hall–Kier alpha value is -0.860. The van der Waals surface area contributed by atoms with Gasteiger partial charge in [-0.2, -0.15) is 0 Å². The highest BCUT2D eigenvalue weighted by Crippen LogP contribution is 2.34. The summed E-state index contributed by atoms with van der Waals surface area (Å²) in [4.78, 5) is 0. The van der Waals surface area contributed by atoms with Crippen molar-refractivity contribution in [3.8, 4) is 0 Å². The number of hydrogen-bond acceptors (Lipinski definition) is 2. The first-order valence-corrected chi connectivity index (χ1v) is 6.25. The van der Waals surface area contributed by atoms with E-state index in [9.17, 15) is 0 Å². The van der Waals surface area contributed by atoms with E-state index in [4.69, 9.17) is 5.73 Å². The quantitative estimate of drug-likeness (QED) is 0.720. The summed E-state index contributed by atoms with van der Waals surface area (Å²) in [7, 11) is 0. The first-order valence-electron chi connectivity index (χ1n) is 6.25. The molecule has 0 bridgehead atoms. The van der Waals surface area contributed by atoms with Crippen molar-refractivity contribution in [2.24, 2.45) is 5.73 Å². The third-order valence-corrected chi connectivity index (χ3v) is 3.47. The van der Waals surface area contributed by atoms with Crippen LogP contribution in [0.4, 0.5) is 0 Å². The highest BCUT2D eigenvalue weighted by molar-refractivity contribution is 5.18. The lowest BCUT2D eigenvalue weighted by Gasteiger charge is -2.14. The monoisotopic (exact) mass is 218 g/mol. The number of rotatable bonds is 6. The SMILES string of the molecule is CC1(NCCCC(N)c2ccccc2)CC1. The highest BCUT2D eigenvalue weighted by Gasteiger charge is 2.35. The normalized spacial score (nSPS) is 19.4. The maximum Gasteiger partial charge on any atom is 0.0295 e. The van der Waals surface area contributed by atoms with Gasteiger partial charge >= 0.3 is 0 Å². The molecule has 0 amide bonds. The van der Waals surface area contributed by atoms with Crippen LogP contribution in [0.1, 0.15) is 44.2 Å². The molecule has 1 aromatic rings. The Morgan fingerprint density at radius 3 is 2.62 bits per heavy atom. The highest BCUT2D eigenvalue weighted by atomic mass is 15.0. The van der Waals surface area contributed by atoms with Crippen LogP contribution in [-0.2, 0) is 0 Å². The summed E-state index contributed by atoms with van der Waals surface area (Å²) in [5.74, 6) is 0. The smallest absolute Gasteiger partial charge is 0.0295 e. The van der Waals surface area contributed by atoms with Crippen molar-refractivity contribution < 1.29 is 0 Å². The third kappa shape index (κ3) is 3.32. The van der Waals surface area contributed by atoms with Crippen LogP contribution in [-0.4, -0.2) is 12.1 Å². The third-order valence-electron chi connectivity index (χ3n) is 3.47. The maximum atomic E-state index is 6.13. The molecular formula is C14H22N2. The predicted molar refractivity (Wildman–Crippen MR) is 68.2 cm³/mol. The molecular weight excluding hydrogens is 196 g/mol. The zero-order chi connectivity index (χ0) is 11.4. The van der Waals surface area contributed by atoms with Crippen molar-refractivity contribution in [3.63, 3.8) is 0 Å². The van der Waals surface area contributed by atoms with Crippen molar-refractivity contribution in [1.29, 1.82) is 0 Å². The molecule has 1 saturated carbocycles. The zero-order valence-corrected chi connectivity index (χ0v) is 10.1. The van der Waals surface area contributed by atoms with Gasteiger partial charge in [0.15, 0.2) is 0 Å². The van der Waals surface area contributed by atoms with E-state index in [1.165, 1.54) is 18.4 Å². The van der Waals surface area contributed by atoms with Gasteiger partial charge in [0.25, 0.3) is 0 Å². The van der Waals surface area contributed by atoms with Crippen molar-refractivity contribution in [1.82, 2.24) is 5.32 Å².